The van der Waals surface area contributed by atoms with Gasteiger partial charge in [0.1, 0.15) is 16.2 Å². The molecule has 1 aliphatic carbocycles. The van der Waals surface area contributed by atoms with Gasteiger partial charge in [0.15, 0.2) is 5.78 Å². The number of hydrogen-bond acceptors (Lipinski definition) is 9. The summed E-state index contributed by atoms with van der Waals surface area (Å²) in [5.74, 6) is -1.18. The maximum Gasteiger partial charge on any atom is 0.346 e. The van der Waals surface area contributed by atoms with Crippen molar-refractivity contribution in [3.8, 4) is 11.8 Å². The Hall–Kier alpha value is -3.86. The van der Waals surface area contributed by atoms with E-state index in [0.717, 1.165) is 11.3 Å². The lowest BCUT2D eigenvalue weighted by Crippen LogP contribution is -2.52. The lowest BCUT2D eigenvalue weighted by Gasteiger charge is -2.36. The number of para-hydroxylation sites is 1. The van der Waals surface area contributed by atoms with E-state index in [1.54, 1.807) is 24.3 Å². The topological polar surface area (TPSA) is 167 Å². The molecule has 0 amide bonds. The molecule has 4 aromatic rings. The fourth-order valence-corrected chi connectivity index (χ4v) is 5.14. The summed E-state index contributed by atoms with van der Waals surface area (Å²) in [6.45, 7) is 0. The van der Waals surface area contributed by atoms with Crippen molar-refractivity contribution in [2.24, 2.45) is 11.5 Å². The number of thiophene rings is 1. The summed E-state index contributed by atoms with van der Waals surface area (Å²) < 4.78 is 6.13. The van der Waals surface area contributed by atoms with Crippen LogP contribution in [0.3, 0.4) is 0 Å². The third-order valence-corrected chi connectivity index (χ3v) is 6.79. The van der Waals surface area contributed by atoms with Crippen LogP contribution in [0.1, 0.15) is 32.4 Å². The molecule has 5 rings (SSSR count). The highest BCUT2D eigenvalue weighted by Crippen LogP contribution is 2.49. The van der Waals surface area contributed by atoms with Gasteiger partial charge in [-0.15, -0.1) is 11.3 Å². The molecule has 160 valence electrons. The molecule has 0 fully saturated rings. The molecular weight excluding hydrogens is 430 g/mol. The SMILES string of the molecule is Nc1ccc2c3c(c(C(=O)O)sc13)C(N)C(=O)C2(N)c1cnc(Oc2ccccc2)nc1. The Morgan fingerprint density at radius 2 is 1.81 bits per heavy atom. The number of benzene rings is 2. The minimum atomic E-state index is -1.68. The van der Waals surface area contributed by atoms with E-state index < -0.39 is 23.3 Å². The highest BCUT2D eigenvalue weighted by molar-refractivity contribution is 7.21. The summed E-state index contributed by atoms with van der Waals surface area (Å²) in [7, 11) is 0. The molecule has 7 N–H and O–H groups in total. The van der Waals surface area contributed by atoms with Crippen LogP contribution in [-0.4, -0.2) is 26.8 Å². The van der Waals surface area contributed by atoms with Gasteiger partial charge in [0.05, 0.1) is 10.7 Å². The van der Waals surface area contributed by atoms with Crippen LogP contribution in [0.25, 0.3) is 10.1 Å². The number of nitrogens with two attached hydrogens (primary N) is 3. The number of hydrogen-bond donors (Lipinski definition) is 4. The first-order valence-corrected chi connectivity index (χ1v) is 10.4. The van der Waals surface area contributed by atoms with Crippen molar-refractivity contribution in [3.05, 3.63) is 76.4 Å². The first-order chi connectivity index (χ1) is 15.3. The summed E-state index contributed by atoms with van der Waals surface area (Å²) in [6.07, 6.45) is 2.82. The number of ketones is 1. The molecule has 0 spiro atoms. The number of aromatic nitrogens is 2. The van der Waals surface area contributed by atoms with Crippen molar-refractivity contribution in [1.29, 1.82) is 0 Å². The van der Waals surface area contributed by atoms with Crippen LogP contribution in [0, 0.1) is 0 Å². The van der Waals surface area contributed by atoms with Crippen molar-refractivity contribution in [3.63, 3.8) is 0 Å². The zero-order chi connectivity index (χ0) is 22.6. The van der Waals surface area contributed by atoms with Gasteiger partial charge in [0.2, 0.25) is 0 Å². The number of carboxylic acid groups (broad SMARTS) is 1. The van der Waals surface area contributed by atoms with Gasteiger partial charge < -0.3 is 27.0 Å². The van der Waals surface area contributed by atoms with Gasteiger partial charge in [-0.3, -0.25) is 4.79 Å². The lowest BCUT2D eigenvalue weighted by atomic mass is 9.71. The molecule has 0 aliphatic heterocycles. The number of anilines is 1. The van der Waals surface area contributed by atoms with E-state index in [0.29, 0.717) is 32.6 Å². The summed E-state index contributed by atoms with van der Waals surface area (Å²) in [6, 6.07) is 11.1. The van der Waals surface area contributed by atoms with Crippen LogP contribution in [0.15, 0.2) is 54.9 Å². The van der Waals surface area contributed by atoms with Gasteiger partial charge in [-0.2, -0.15) is 0 Å². The van der Waals surface area contributed by atoms with Crippen molar-refractivity contribution in [1.82, 2.24) is 9.97 Å². The molecule has 0 saturated heterocycles. The fraction of sp³-hybridized carbons (Fsp3) is 0.0909. The smallest absolute Gasteiger partial charge is 0.346 e. The van der Waals surface area contributed by atoms with Crippen LogP contribution >= 0.6 is 11.3 Å². The maximum atomic E-state index is 13.4. The zero-order valence-corrected chi connectivity index (χ0v) is 17.3. The Morgan fingerprint density at radius 1 is 1.12 bits per heavy atom. The quantitative estimate of drug-likeness (QED) is 0.344. The van der Waals surface area contributed by atoms with E-state index >= 15 is 0 Å². The van der Waals surface area contributed by atoms with Crippen molar-refractivity contribution in [2.45, 2.75) is 11.6 Å². The maximum absolute atomic E-state index is 13.4. The van der Waals surface area contributed by atoms with Gasteiger partial charge in [-0.1, -0.05) is 24.3 Å². The Kier molecular flexibility index (Phi) is 4.45. The number of aromatic carboxylic acids is 1. The van der Waals surface area contributed by atoms with Gasteiger partial charge in [0, 0.05) is 34.6 Å². The highest BCUT2D eigenvalue weighted by atomic mass is 32.1. The third-order valence-electron chi connectivity index (χ3n) is 5.54. The highest BCUT2D eigenvalue weighted by Gasteiger charge is 2.49. The van der Waals surface area contributed by atoms with Crippen LogP contribution in [0.4, 0.5) is 5.69 Å². The first-order valence-electron chi connectivity index (χ1n) is 9.55. The average Bonchev–Trinajstić information content (AvgIpc) is 3.20. The number of carbonyl (C=O) groups is 2. The van der Waals surface area contributed by atoms with Gasteiger partial charge in [-0.25, -0.2) is 14.8 Å². The largest absolute Gasteiger partial charge is 0.477 e. The molecular formula is C22H17N5O4S. The molecule has 2 unspecified atom stereocenters. The predicted molar refractivity (Wildman–Crippen MR) is 119 cm³/mol. The van der Waals surface area contributed by atoms with E-state index in [4.69, 9.17) is 21.9 Å². The van der Waals surface area contributed by atoms with Gasteiger partial charge in [-0.05, 0) is 23.8 Å². The number of nitrogens with zero attached hydrogens (tertiary/aromatic N) is 2. The van der Waals surface area contributed by atoms with Crippen LogP contribution < -0.4 is 21.9 Å². The third kappa shape index (κ3) is 2.78. The first kappa shape index (κ1) is 20.1. The summed E-state index contributed by atoms with van der Waals surface area (Å²) in [5.41, 5.74) is 18.7. The number of rotatable bonds is 4. The molecule has 2 aromatic carbocycles. The van der Waals surface area contributed by atoms with Crippen molar-refractivity contribution < 1.29 is 19.4 Å². The minimum Gasteiger partial charge on any atom is -0.477 e. The van der Waals surface area contributed by atoms with E-state index in [1.165, 1.54) is 12.4 Å². The Balaban J connectivity index is 1.66. The molecule has 2 aromatic heterocycles. The second kappa shape index (κ2) is 7.09. The summed E-state index contributed by atoms with van der Waals surface area (Å²) in [4.78, 5) is 33.6. The molecule has 1 aliphatic rings. The van der Waals surface area contributed by atoms with Crippen LogP contribution in [-0.2, 0) is 10.3 Å². The second-order valence-electron chi connectivity index (χ2n) is 7.38. The summed E-state index contributed by atoms with van der Waals surface area (Å²) >= 11 is 0.979. The van der Waals surface area contributed by atoms with E-state index in [2.05, 4.69) is 9.97 Å². The molecule has 32 heavy (non-hydrogen) atoms. The zero-order valence-electron chi connectivity index (χ0n) is 16.5. The van der Waals surface area contributed by atoms with E-state index in [1.807, 2.05) is 18.2 Å². The monoisotopic (exact) mass is 447 g/mol. The molecule has 2 atom stereocenters. The van der Waals surface area contributed by atoms with Gasteiger partial charge in [0.25, 0.3) is 0 Å². The van der Waals surface area contributed by atoms with Crippen LogP contribution in [0.2, 0.25) is 0 Å². The fourth-order valence-electron chi connectivity index (χ4n) is 4.00. The standard InChI is InChI=1S/C22H17N5O4S/c23-13-7-6-12-14-15(18(20(29)30)32-17(13)14)16(24)19(28)22(12,25)10-8-26-21(27-9-10)31-11-4-2-1-3-5-11/h1-9,16H,23-25H2,(H,29,30). The normalized spacial score (nSPS) is 19.8. The second-order valence-corrected chi connectivity index (χ2v) is 8.40. The van der Waals surface area contributed by atoms with Crippen molar-refractivity contribution >= 4 is 38.9 Å². The molecule has 2 heterocycles. The Morgan fingerprint density at radius 3 is 2.47 bits per heavy atom. The van der Waals surface area contributed by atoms with E-state index in [9.17, 15) is 14.7 Å². The average molecular weight is 447 g/mol. The lowest BCUT2D eigenvalue weighted by molar-refractivity contribution is -0.124. The number of Topliss-reactive ketones (excluding diaryl/α,β-unsaturated/α-hetero) is 1. The molecule has 10 heteroatoms. The van der Waals surface area contributed by atoms with E-state index in [-0.39, 0.29) is 16.5 Å². The number of nitrogen functional groups attached to an aromatic ring is 1. The summed E-state index contributed by atoms with van der Waals surface area (Å²) in [5, 5.41) is 10.1. The Bertz CT molecular complexity index is 1390. The minimum absolute atomic E-state index is 0.0232. The predicted octanol–water partition coefficient (Wildman–Crippen LogP) is 2.55. The Labute approximate surface area is 185 Å². The van der Waals surface area contributed by atoms with Crippen molar-refractivity contribution in [2.75, 3.05) is 5.73 Å². The molecule has 0 bridgehead atoms. The van der Waals surface area contributed by atoms with Crippen LogP contribution in [0.5, 0.6) is 11.8 Å². The molecule has 9 nitrogen and oxygen atoms in total. The molecule has 0 saturated carbocycles. The molecule has 0 radical (unpaired) electrons. The number of ether oxygens (including phenoxy) is 1. The number of carboxylic acids is 1. The number of carbonyl (C=O) groups excluding carboxylic acids is 1. The van der Waals surface area contributed by atoms with Gasteiger partial charge >= 0.3 is 12.0 Å².